The van der Waals surface area contributed by atoms with E-state index >= 15 is 0 Å². The van der Waals surface area contributed by atoms with Gasteiger partial charge in [-0.1, -0.05) is 25.1 Å². The van der Waals surface area contributed by atoms with Crippen LogP contribution in [-0.4, -0.2) is 12.1 Å². The molecule has 0 aliphatic carbocycles. The summed E-state index contributed by atoms with van der Waals surface area (Å²) >= 11 is 0. The minimum absolute atomic E-state index is 0.0429. The Labute approximate surface area is 84.5 Å². The van der Waals surface area contributed by atoms with Crippen molar-refractivity contribution in [2.45, 2.75) is 19.4 Å². The maximum atomic E-state index is 11.3. The molecule has 0 saturated carbocycles. The quantitative estimate of drug-likeness (QED) is 0.756. The third kappa shape index (κ3) is 3.47. The van der Waals surface area contributed by atoms with Gasteiger partial charge in [0, 0.05) is 11.7 Å². The molecule has 3 nitrogen and oxygen atoms in total. The Bertz CT molecular complexity index is 285. The first kappa shape index (κ1) is 10.6. The molecule has 0 aliphatic heterocycles. The molecule has 1 unspecified atom stereocenters. The average Bonchev–Trinajstić information content (AvgIpc) is 2.19. The fourth-order valence-electron chi connectivity index (χ4n) is 0.976. The molecule has 0 heterocycles. The van der Waals surface area contributed by atoms with Gasteiger partial charge in [-0.3, -0.25) is 0 Å². The number of benzene rings is 1. The third-order valence-electron chi connectivity index (χ3n) is 1.86. The maximum absolute atomic E-state index is 11.3. The number of carbonyl (C=O) groups excluding carboxylic acids is 1. The van der Waals surface area contributed by atoms with Crippen molar-refractivity contribution in [3.8, 4) is 0 Å². The number of anilines is 1. The standard InChI is InChI=1S/C11H15N2O/c1-3-9(2)12-11(14)13-10-7-5-4-6-8-10/h4-9H,2-3H2,1H3,(H2,12,13,14). The van der Waals surface area contributed by atoms with Crippen molar-refractivity contribution in [3.63, 3.8) is 0 Å². The van der Waals surface area contributed by atoms with Crippen LogP contribution >= 0.6 is 0 Å². The molecule has 0 fully saturated rings. The predicted molar refractivity (Wildman–Crippen MR) is 58.0 cm³/mol. The Morgan fingerprint density at radius 1 is 1.43 bits per heavy atom. The first-order valence-electron chi connectivity index (χ1n) is 4.68. The van der Waals surface area contributed by atoms with Crippen molar-refractivity contribution in [3.05, 3.63) is 37.3 Å². The summed E-state index contributed by atoms with van der Waals surface area (Å²) in [6, 6.07) is 9.07. The normalized spacial score (nSPS) is 11.9. The first-order valence-corrected chi connectivity index (χ1v) is 4.68. The molecule has 0 bridgehead atoms. The molecule has 0 aliphatic rings. The number of rotatable bonds is 3. The molecule has 14 heavy (non-hydrogen) atoms. The number of para-hydroxylation sites is 1. The van der Waals surface area contributed by atoms with Crippen molar-refractivity contribution in [2.75, 3.05) is 5.32 Å². The summed E-state index contributed by atoms with van der Waals surface area (Å²) in [4.78, 5) is 11.3. The van der Waals surface area contributed by atoms with Crippen LogP contribution in [0.3, 0.4) is 0 Å². The van der Waals surface area contributed by atoms with Gasteiger partial charge < -0.3 is 10.6 Å². The molecule has 1 aromatic carbocycles. The summed E-state index contributed by atoms with van der Waals surface area (Å²) < 4.78 is 0. The summed E-state index contributed by atoms with van der Waals surface area (Å²) in [6.45, 7) is 5.74. The van der Waals surface area contributed by atoms with Crippen molar-refractivity contribution in [1.82, 2.24) is 5.32 Å². The summed E-state index contributed by atoms with van der Waals surface area (Å²) in [5.74, 6) is 0. The molecule has 0 saturated heterocycles. The molecule has 1 radical (unpaired) electrons. The second-order valence-corrected chi connectivity index (χ2v) is 3.07. The lowest BCUT2D eigenvalue weighted by Gasteiger charge is -2.12. The lowest BCUT2D eigenvalue weighted by molar-refractivity contribution is 0.250. The maximum Gasteiger partial charge on any atom is 0.319 e. The Hall–Kier alpha value is -1.51. The fourth-order valence-corrected chi connectivity index (χ4v) is 0.976. The molecule has 2 N–H and O–H groups in total. The molecule has 75 valence electrons. The summed E-state index contributed by atoms with van der Waals surface area (Å²) in [6.07, 6.45) is 0.822. The zero-order valence-electron chi connectivity index (χ0n) is 8.29. The Morgan fingerprint density at radius 3 is 2.64 bits per heavy atom. The van der Waals surface area contributed by atoms with E-state index in [0.717, 1.165) is 12.1 Å². The first-order chi connectivity index (χ1) is 6.72. The number of nitrogens with one attached hydrogen (secondary N) is 2. The number of hydrogen-bond acceptors (Lipinski definition) is 1. The van der Waals surface area contributed by atoms with Crippen LogP contribution in [0.5, 0.6) is 0 Å². The van der Waals surface area contributed by atoms with Crippen LogP contribution < -0.4 is 10.6 Å². The van der Waals surface area contributed by atoms with E-state index in [1.54, 1.807) is 0 Å². The monoisotopic (exact) mass is 191 g/mol. The minimum Gasteiger partial charge on any atom is -0.335 e. The molecule has 2 amide bonds. The van der Waals surface area contributed by atoms with Gasteiger partial charge in [-0.05, 0) is 25.5 Å². The van der Waals surface area contributed by atoms with E-state index in [1.165, 1.54) is 0 Å². The predicted octanol–water partition coefficient (Wildman–Crippen LogP) is 2.42. The van der Waals surface area contributed by atoms with Gasteiger partial charge in [0.1, 0.15) is 0 Å². The van der Waals surface area contributed by atoms with Crippen LogP contribution in [-0.2, 0) is 0 Å². The second kappa shape index (κ2) is 5.27. The number of carbonyl (C=O) groups is 1. The van der Waals surface area contributed by atoms with Gasteiger partial charge in [-0.2, -0.15) is 0 Å². The van der Waals surface area contributed by atoms with Crippen LogP contribution in [0.15, 0.2) is 30.3 Å². The SMILES string of the molecule is [CH2]C(CC)NC(=O)Nc1ccccc1. The Morgan fingerprint density at radius 2 is 2.07 bits per heavy atom. The van der Waals surface area contributed by atoms with Gasteiger partial charge in [0.05, 0.1) is 0 Å². The van der Waals surface area contributed by atoms with Gasteiger partial charge >= 0.3 is 6.03 Å². The minimum atomic E-state index is -0.210. The summed E-state index contributed by atoms with van der Waals surface area (Å²) in [5, 5.41) is 5.43. The third-order valence-corrected chi connectivity index (χ3v) is 1.86. The molecule has 0 spiro atoms. The van der Waals surface area contributed by atoms with E-state index in [9.17, 15) is 4.79 Å². The van der Waals surface area contributed by atoms with Gasteiger partial charge in [0.15, 0.2) is 0 Å². The van der Waals surface area contributed by atoms with Crippen LogP contribution in [0, 0.1) is 6.92 Å². The number of amides is 2. The Balaban J connectivity index is 2.42. The van der Waals surface area contributed by atoms with Crippen LogP contribution in [0.2, 0.25) is 0 Å². The molecule has 0 aromatic heterocycles. The van der Waals surface area contributed by atoms with Crippen LogP contribution in [0.4, 0.5) is 10.5 Å². The molecular formula is C11H15N2O. The van der Waals surface area contributed by atoms with E-state index in [2.05, 4.69) is 17.6 Å². The summed E-state index contributed by atoms with van der Waals surface area (Å²) in [7, 11) is 0. The van der Waals surface area contributed by atoms with E-state index in [1.807, 2.05) is 37.3 Å². The highest BCUT2D eigenvalue weighted by atomic mass is 16.2. The van der Waals surface area contributed by atoms with Gasteiger partial charge in [-0.15, -0.1) is 0 Å². The molecular weight excluding hydrogens is 176 g/mol. The van der Waals surface area contributed by atoms with Crippen molar-refractivity contribution < 1.29 is 4.79 Å². The molecule has 1 rings (SSSR count). The highest BCUT2D eigenvalue weighted by Crippen LogP contribution is 2.04. The number of urea groups is 1. The average molecular weight is 191 g/mol. The van der Waals surface area contributed by atoms with E-state index in [-0.39, 0.29) is 12.1 Å². The zero-order chi connectivity index (χ0) is 10.4. The van der Waals surface area contributed by atoms with E-state index < -0.39 is 0 Å². The highest BCUT2D eigenvalue weighted by Gasteiger charge is 2.04. The lowest BCUT2D eigenvalue weighted by Crippen LogP contribution is -2.35. The summed E-state index contributed by atoms with van der Waals surface area (Å²) in [5.41, 5.74) is 0.785. The van der Waals surface area contributed by atoms with Gasteiger partial charge in [0.2, 0.25) is 0 Å². The molecule has 1 aromatic rings. The fraction of sp³-hybridized carbons (Fsp3) is 0.273. The van der Waals surface area contributed by atoms with Crippen molar-refractivity contribution in [2.24, 2.45) is 0 Å². The van der Waals surface area contributed by atoms with E-state index in [4.69, 9.17) is 0 Å². The van der Waals surface area contributed by atoms with Crippen LogP contribution in [0.1, 0.15) is 13.3 Å². The Kier molecular flexibility index (Phi) is 3.98. The molecule has 1 atom stereocenters. The second-order valence-electron chi connectivity index (χ2n) is 3.07. The van der Waals surface area contributed by atoms with Crippen molar-refractivity contribution >= 4 is 11.7 Å². The van der Waals surface area contributed by atoms with E-state index in [0.29, 0.717) is 0 Å². The lowest BCUT2D eigenvalue weighted by atomic mass is 10.3. The highest BCUT2D eigenvalue weighted by molar-refractivity contribution is 5.89. The largest absolute Gasteiger partial charge is 0.335 e. The van der Waals surface area contributed by atoms with Crippen molar-refractivity contribution in [1.29, 1.82) is 0 Å². The van der Waals surface area contributed by atoms with Gasteiger partial charge in [0.25, 0.3) is 0 Å². The molecule has 3 heteroatoms. The van der Waals surface area contributed by atoms with Gasteiger partial charge in [-0.25, -0.2) is 4.79 Å². The topological polar surface area (TPSA) is 41.1 Å². The smallest absolute Gasteiger partial charge is 0.319 e. The number of hydrogen-bond donors (Lipinski definition) is 2. The van der Waals surface area contributed by atoms with Crippen LogP contribution in [0.25, 0.3) is 0 Å². The zero-order valence-corrected chi connectivity index (χ0v) is 8.29.